The Kier molecular flexibility index (Phi) is 29.7. The van der Waals surface area contributed by atoms with E-state index in [1.54, 1.807) is 12.2 Å². The molecular weight excluding hydrogens is 618 g/mol. The van der Waals surface area contributed by atoms with E-state index in [2.05, 4.69) is 12.2 Å². The Labute approximate surface area is 300 Å². The standard InChI is InChI=1S/C41H79NO7/c1-3-5-6-7-8-9-10-11-12-13-14-15-16-17-18-19-20-21-22-23-24-25-26-31-39(46)42-35(37(45)32-34(43)4-2)33-49-38-30-28-27-29-36(44)40(47)41(38)48/h27-28,34-38,40-41,43-45,47-48H,3-26,29-33H2,1-2H3,(H,42,46). The van der Waals surface area contributed by atoms with Crippen LogP contribution in [0.2, 0.25) is 0 Å². The number of unbranched alkanes of at least 4 members (excludes halogenated alkanes) is 22. The van der Waals surface area contributed by atoms with Gasteiger partial charge in [-0.05, 0) is 25.7 Å². The molecule has 8 heteroatoms. The Morgan fingerprint density at radius 1 is 0.653 bits per heavy atom. The summed E-state index contributed by atoms with van der Waals surface area (Å²) in [6, 6.07) is -0.762. The highest BCUT2D eigenvalue weighted by Crippen LogP contribution is 2.19. The van der Waals surface area contributed by atoms with Gasteiger partial charge >= 0.3 is 0 Å². The Morgan fingerprint density at radius 3 is 1.53 bits per heavy atom. The Hall–Kier alpha value is -1.03. The predicted molar refractivity (Wildman–Crippen MR) is 201 cm³/mol. The lowest BCUT2D eigenvalue weighted by atomic mass is 9.95. The van der Waals surface area contributed by atoms with Crippen molar-refractivity contribution < 1.29 is 35.1 Å². The number of ether oxygens (including phenoxy) is 1. The zero-order valence-electron chi connectivity index (χ0n) is 31.8. The average Bonchev–Trinajstić information content (AvgIpc) is 3.09. The van der Waals surface area contributed by atoms with Crippen LogP contribution in [0.25, 0.3) is 0 Å². The van der Waals surface area contributed by atoms with Crippen molar-refractivity contribution in [1.29, 1.82) is 0 Å². The minimum Gasteiger partial charge on any atom is -0.393 e. The molecule has 1 amide bonds. The number of amides is 1. The third kappa shape index (κ3) is 24.7. The second-order valence-electron chi connectivity index (χ2n) is 14.9. The molecule has 8 nitrogen and oxygen atoms in total. The molecule has 0 aromatic rings. The van der Waals surface area contributed by atoms with E-state index in [-0.39, 0.29) is 25.4 Å². The van der Waals surface area contributed by atoms with E-state index in [9.17, 15) is 30.3 Å². The largest absolute Gasteiger partial charge is 0.393 e. The lowest BCUT2D eigenvalue weighted by Crippen LogP contribution is -2.50. The smallest absolute Gasteiger partial charge is 0.220 e. The summed E-state index contributed by atoms with van der Waals surface area (Å²) < 4.78 is 5.88. The minimum atomic E-state index is -1.35. The summed E-state index contributed by atoms with van der Waals surface area (Å²) in [6.45, 7) is 4.03. The van der Waals surface area contributed by atoms with Crippen molar-refractivity contribution in [2.75, 3.05) is 6.61 Å². The molecule has 290 valence electrons. The highest BCUT2D eigenvalue weighted by atomic mass is 16.5. The van der Waals surface area contributed by atoms with Gasteiger partial charge in [-0.1, -0.05) is 167 Å². The Morgan fingerprint density at radius 2 is 1.08 bits per heavy atom. The molecule has 1 aliphatic carbocycles. The van der Waals surface area contributed by atoms with Crippen LogP contribution in [0.1, 0.15) is 194 Å². The summed E-state index contributed by atoms with van der Waals surface area (Å²) in [5.41, 5.74) is 0. The number of aliphatic hydroxyl groups is 5. The lowest BCUT2D eigenvalue weighted by Gasteiger charge is -2.32. The van der Waals surface area contributed by atoms with Gasteiger partial charge in [-0.2, -0.15) is 0 Å². The fourth-order valence-electron chi connectivity index (χ4n) is 6.79. The second-order valence-corrected chi connectivity index (χ2v) is 14.9. The Balaban J connectivity index is 2.09. The number of carbonyl (C=O) groups excluding carboxylic acids is 1. The molecule has 0 radical (unpaired) electrons. The third-order valence-corrected chi connectivity index (χ3v) is 10.3. The van der Waals surface area contributed by atoms with Crippen LogP contribution in [0, 0.1) is 0 Å². The Bertz CT molecular complexity index is 781. The topological polar surface area (TPSA) is 139 Å². The van der Waals surface area contributed by atoms with Crippen molar-refractivity contribution in [2.45, 2.75) is 236 Å². The molecule has 0 fully saturated rings. The number of aliphatic hydroxyl groups excluding tert-OH is 5. The van der Waals surface area contributed by atoms with E-state index >= 15 is 0 Å². The summed E-state index contributed by atoms with van der Waals surface area (Å²) >= 11 is 0. The van der Waals surface area contributed by atoms with Gasteiger partial charge in [0.05, 0.1) is 37.1 Å². The summed E-state index contributed by atoms with van der Waals surface area (Å²) in [6.07, 6.45) is 29.3. The molecule has 0 aliphatic heterocycles. The molecule has 49 heavy (non-hydrogen) atoms. The summed E-state index contributed by atoms with van der Waals surface area (Å²) in [5, 5.41) is 54.5. The molecule has 0 saturated carbocycles. The molecule has 0 aromatic carbocycles. The van der Waals surface area contributed by atoms with Gasteiger partial charge in [0, 0.05) is 12.8 Å². The first-order valence-electron chi connectivity index (χ1n) is 20.8. The van der Waals surface area contributed by atoms with E-state index in [0.29, 0.717) is 19.3 Å². The highest BCUT2D eigenvalue weighted by molar-refractivity contribution is 5.76. The van der Waals surface area contributed by atoms with Gasteiger partial charge in [-0.15, -0.1) is 0 Å². The van der Waals surface area contributed by atoms with Gasteiger partial charge in [0.2, 0.25) is 5.91 Å². The molecule has 0 bridgehead atoms. The summed E-state index contributed by atoms with van der Waals surface area (Å²) in [5.74, 6) is -0.171. The zero-order chi connectivity index (χ0) is 36.0. The molecule has 0 aromatic heterocycles. The van der Waals surface area contributed by atoms with E-state index in [1.165, 1.54) is 128 Å². The number of hydrogen-bond donors (Lipinski definition) is 6. The molecule has 1 rings (SSSR count). The summed E-state index contributed by atoms with van der Waals surface area (Å²) in [4.78, 5) is 12.8. The van der Waals surface area contributed by atoms with Crippen LogP contribution in [0.5, 0.6) is 0 Å². The van der Waals surface area contributed by atoms with Crippen LogP contribution in [-0.2, 0) is 9.53 Å². The first-order valence-corrected chi connectivity index (χ1v) is 20.8. The minimum absolute atomic E-state index is 0.0822. The summed E-state index contributed by atoms with van der Waals surface area (Å²) in [7, 11) is 0. The van der Waals surface area contributed by atoms with Gasteiger partial charge < -0.3 is 35.6 Å². The lowest BCUT2D eigenvalue weighted by molar-refractivity contribution is -0.134. The first kappa shape index (κ1) is 46.0. The van der Waals surface area contributed by atoms with Gasteiger partial charge in [0.15, 0.2) is 0 Å². The van der Waals surface area contributed by atoms with Crippen LogP contribution in [0.3, 0.4) is 0 Å². The van der Waals surface area contributed by atoms with Crippen LogP contribution >= 0.6 is 0 Å². The predicted octanol–water partition coefficient (Wildman–Crippen LogP) is 8.19. The van der Waals surface area contributed by atoms with Crippen molar-refractivity contribution in [3.05, 3.63) is 12.2 Å². The van der Waals surface area contributed by atoms with E-state index < -0.39 is 42.7 Å². The fourth-order valence-corrected chi connectivity index (χ4v) is 6.79. The van der Waals surface area contributed by atoms with Crippen molar-refractivity contribution in [2.24, 2.45) is 0 Å². The van der Waals surface area contributed by atoms with Crippen molar-refractivity contribution in [3.8, 4) is 0 Å². The highest BCUT2D eigenvalue weighted by Gasteiger charge is 2.33. The van der Waals surface area contributed by atoms with Crippen LogP contribution < -0.4 is 5.32 Å². The maximum Gasteiger partial charge on any atom is 0.220 e. The molecule has 0 spiro atoms. The maximum atomic E-state index is 12.8. The average molecular weight is 698 g/mol. The molecular formula is C41H79NO7. The number of rotatable bonds is 32. The van der Waals surface area contributed by atoms with Gasteiger partial charge in [-0.25, -0.2) is 0 Å². The van der Waals surface area contributed by atoms with Crippen LogP contribution in [-0.4, -0.2) is 80.7 Å². The molecule has 1 aliphatic rings. The van der Waals surface area contributed by atoms with Gasteiger partial charge in [0.25, 0.3) is 0 Å². The van der Waals surface area contributed by atoms with Crippen molar-refractivity contribution in [3.63, 3.8) is 0 Å². The quantitative estimate of drug-likeness (QED) is 0.0308. The van der Waals surface area contributed by atoms with E-state index in [1.807, 2.05) is 6.92 Å². The van der Waals surface area contributed by atoms with Gasteiger partial charge in [-0.3, -0.25) is 4.79 Å². The molecule has 6 N–H and O–H groups in total. The zero-order valence-corrected chi connectivity index (χ0v) is 31.8. The fraction of sp³-hybridized carbons (Fsp3) is 0.927. The number of carbonyl (C=O) groups is 1. The van der Waals surface area contributed by atoms with Crippen molar-refractivity contribution in [1.82, 2.24) is 5.32 Å². The second kappa shape index (κ2) is 31.7. The van der Waals surface area contributed by atoms with Gasteiger partial charge in [0.1, 0.15) is 12.2 Å². The number of nitrogens with one attached hydrogen (secondary N) is 1. The first-order chi connectivity index (χ1) is 23.8. The van der Waals surface area contributed by atoms with Crippen LogP contribution in [0.15, 0.2) is 12.2 Å². The van der Waals surface area contributed by atoms with Crippen LogP contribution in [0.4, 0.5) is 0 Å². The molecule has 7 atom stereocenters. The normalized spacial score (nSPS) is 21.6. The molecule has 0 saturated heterocycles. The molecule has 0 heterocycles. The monoisotopic (exact) mass is 698 g/mol. The van der Waals surface area contributed by atoms with Crippen molar-refractivity contribution >= 4 is 5.91 Å². The molecule has 7 unspecified atom stereocenters. The number of hydrogen-bond acceptors (Lipinski definition) is 7. The SMILES string of the molecule is CCCCCCCCCCCCCCCCCCCCCCCCCC(=O)NC(COC1CC=CCC(O)C(O)C1O)C(O)CC(O)CC. The van der Waals surface area contributed by atoms with E-state index in [0.717, 1.165) is 19.3 Å². The van der Waals surface area contributed by atoms with E-state index in [4.69, 9.17) is 4.74 Å². The maximum absolute atomic E-state index is 12.8. The third-order valence-electron chi connectivity index (χ3n) is 10.3.